The van der Waals surface area contributed by atoms with Gasteiger partial charge in [-0.2, -0.15) is 0 Å². The Labute approximate surface area is 163 Å². The average molecular weight is 373 g/mol. The van der Waals surface area contributed by atoms with Gasteiger partial charge in [0.25, 0.3) is 5.91 Å². The van der Waals surface area contributed by atoms with Crippen LogP contribution in [0.3, 0.4) is 0 Å². The molecule has 1 aromatic heterocycles. The number of para-hydroxylation sites is 2. The summed E-state index contributed by atoms with van der Waals surface area (Å²) in [6.07, 6.45) is 3.53. The SMILES string of the molecule is Cc1cc(=O)[nH]c2cc(C(=O)N3CC4CCCCN4c4ccccc43)ccc12. The summed E-state index contributed by atoms with van der Waals surface area (Å²) >= 11 is 0. The van der Waals surface area contributed by atoms with Gasteiger partial charge in [0.2, 0.25) is 5.56 Å². The van der Waals surface area contributed by atoms with Gasteiger partial charge < -0.3 is 14.8 Å². The zero-order valence-corrected chi connectivity index (χ0v) is 15.9. The first-order valence-electron chi connectivity index (χ1n) is 9.93. The number of carbonyl (C=O) groups excluding carboxylic acids is 1. The number of aromatic amines is 1. The predicted octanol–water partition coefficient (Wildman–Crippen LogP) is 3.86. The lowest BCUT2D eigenvalue weighted by Gasteiger charge is -2.46. The van der Waals surface area contributed by atoms with E-state index in [1.165, 1.54) is 12.8 Å². The van der Waals surface area contributed by atoms with E-state index in [1.807, 2.05) is 48.2 Å². The number of hydrogen-bond acceptors (Lipinski definition) is 3. The Morgan fingerprint density at radius 1 is 1.07 bits per heavy atom. The molecule has 2 aromatic carbocycles. The third-order valence-corrected chi connectivity index (χ3v) is 6.04. The second-order valence-corrected chi connectivity index (χ2v) is 7.82. The van der Waals surface area contributed by atoms with Gasteiger partial charge in [-0.1, -0.05) is 18.2 Å². The highest BCUT2D eigenvalue weighted by Gasteiger charge is 2.35. The molecular weight excluding hydrogens is 350 g/mol. The number of hydrogen-bond donors (Lipinski definition) is 1. The van der Waals surface area contributed by atoms with E-state index < -0.39 is 0 Å². The summed E-state index contributed by atoms with van der Waals surface area (Å²) in [5, 5.41) is 0.966. The van der Waals surface area contributed by atoms with Crippen LogP contribution >= 0.6 is 0 Å². The van der Waals surface area contributed by atoms with E-state index in [0.29, 0.717) is 23.7 Å². The number of piperidine rings is 1. The monoisotopic (exact) mass is 373 g/mol. The molecule has 3 heterocycles. The Morgan fingerprint density at radius 2 is 1.89 bits per heavy atom. The third kappa shape index (κ3) is 2.70. The number of benzene rings is 2. The van der Waals surface area contributed by atoms with E-state index in [4.69, 9.17) is 0 Å². The maximum absolute atomic E-state index is 13.5. The minimum Gasteiger partial charge on any atom is -0.365 e. The van der Waals surface area contributed by atoms with Gasteiger partial charge in [0.1, 0.15) is 0 Å². The van der Waals surface area contributed by atoms with Gasteiger partial charge in [-0.25, -0.2) is 0 Å². The average Bonchev–Trinajstić information content (AvgIpc) is 2.72. The van der Waals surface area contributed by atoms with Crippen molar-refractivity contribution in [1.29, 1.82) is 0 Å². The van der Waals surface area contributed by atoms with E-state index in [9.17, 15) is 9.59 Å². The standard InChI is InChI=1S/C23H23N3O2/c1-15-12-22(27)24-19-13-16(9-10-18(15)19)23(28)26-14-17-6-4-5-11-25(17)20-7-2-3-8-21(20)26/h2-3,7-10,12-13,17H,4-6,11,14H2,1H3,(H,24,27). The first kappa shape index (κ1) is 17.0. The van der Waals surface area contributed by atoms with Crippen LogP contribution in [-0.4, -0.2) is 30.0 Å². The van der Waals surface area contributed by atoms with E-state index >= 15 is 0 Å². The maximum Gasteiger partial charge on any atom is 0.258 e. The van der Waals surface area contributed by atoms with Crippen molar-refractivity contribution < 1.29 is 4.79 Å². The van der Waals surface area contributed by atoms with Crippen LogP contribution in [0, 0.1) is 6.92 Å². The number of nitrogens with zero attached hydrogens (tertiary/aromatic N) is 2. The predicted molar refractivity (Wildman–Crippen MR) is 112 cm³/mol. The summed E-state index contributed by atoms with van der Waals surface area (Å²) in [7, 11) is 0. The van der Waals surface area contributed by atoms with Crippen LogP contribution in [0.4, 0.5) is 11.4 Å². The Balaban J connectivity index is 1.58. The molecule has 2 aliphatic rings. The van der Waals surface area contributed by atoms with Crippen molar-refractivity contribution in [2.24, 2.45) is 0 Å². The number of pyridine rings is 1. The molecule has 3 aromatic rings. The molecule has 28 heavy (non-hydrogen) atoms. The summed E-state index contributed by atoms with van der Waals surface area (Å²) in [5.74, 6) is -0.0121. The van der Waals surface area contributed by atoms with Gasteiger partial charge in [0, 0.05) is 41.7 Å². The lowest BCUT2D eigenvalue weighted by molar-refractivity contribution is 0.0983. The highest BCUT2D eigenvalue weighted by Crippen LogP contribution is 2.39. The minimum atomic E-state index is -0.143. The molecule has 0 aliphatic carbocycles. The zero-order valence-electron chi connectivity index (χ0n) is 15.9. The number of rotatable bonds is 1. The number of aryl methyl sites for hydroxylation is 1. The first-order valence-corrected chi connectivity index (χ1v) is 9.93. The van der Waals surface area contributed by atoms with Crippen LogP contribution in [0.1, 0.15) is 35.2 Å². The van der Waals surface area contributed by atoms with Crippen molar-refractivity contribution in [2.45, 2.75) is 32.2 Å². The van der Waals surface area contributed by atoms with E-state index in [0.717, 1.165) is 35.3 Å². The van der Waals surface area contributed by atoms with Crippen LogP contribution in [0.15, 0.2) is 53.3 Å². The summed E-state index contributed by atoms with van der Waals surface area (Å²) in [4.78, 5) is 32.6. The van der Waals surface area contributed by atoms with E-state index in [-0.39, 0.29) is 11.5 Å². The highest BCUT2D eigenvalue weighted by molar-refractivity contribution is 6.10. The van der Waals surface area contributed by atoms with E-state index in [1.54, 1.807) is 6.07 Å². The molecule has 0 spiro atoms. The number of aromatic nitrogens is 1. The Morgan fingerprint density at radius 3 is 2.75 bits per heavy atom. The molecule has 1 saturated heterocycles. The summed E-state index contributed by atoms with van der Waals surface area (Å²) in [5.41, 5.74) is 4.21. The number of H-pyrrole nitrogens is 1. The quantitative estimate of drug-likeness (QED) is 0.705. The molecule has 0 bridgehead atoms. The van der Waals surface area contributed by atoms with Gasteiger partial charge in [-0.15, -0.1) is 0 Å². The van der Waals surface area contributed by atoms with Crippen molar-refractivity contribution in [3.8, 4) is 0 Å². The highest BCUT2D eigenvalue weighted by atomic mass is 16.2. The van der Waals surface area contributed by atoms with Gasteiger partial charge in [0.05, 0.1) is 11.4 Å². The summed E-state index contributed by atoms with van der Waals surface area (Å²) < 4.78 is 0. The molecule has 1 fully saturated rings. The second kappa shape index (κ2) is 6.51. The largest absolute Gasteiger partial charge is 0.365 e. The van der Waals surface area contributed by atoms with Crippen LogP contribution in [0.2, 0.25) is 0 Å². The van der Waals surface area contributed by atoms with Crippen molar-refractivity contribution in [2.75, 3.05) is 22.9 Å². The lowest BCUT2D eigenvalue weighted by Crippen LogP contribution is -2.52. The Bertz CT molecular complexity index is 1130. The molecule has 142 valence electrons. The Kier molecular flexibility index (Phi) is 3.97. The van der Waals surface area contributed by atoms with Gasteiger partial charge in [-0.3, -0.25) is 9.59 Å². The molecule has 5 nitrogen and oxygen atoms in total. The van der Waals surface area contributed by atoms with Crippen molar-refractivity contribution >= 4 is 28.2 Å². The van der Waals surface area contributed by atoms with Crippen LogP contribution in [0.25, 0.3) is 10.9 Å². The molecule has 0 radical (unpaired) electrons. The van der Waals surface area contributed by atoms with Crippen LogP contribution in [0.5, 0.6) is 0 Å². The molecule has 0 saturated carbocycles. The smallest absolute Gasteiger partial charge is 0.258 e. The number of nitrogens with one attached hydrogen (secondary N) is 1. The minimum absolute atomic E-state index is 0.0121. The number of anilines is 2. The fraction of sp³-hybridized carbons (Fsp3) is 0.304. The van der Waals surface area contributed by atoms with Gasteiger partial charge in [-0.05, 0) is 56.0 Å². The first-order chi connectivity index (χ1) is 13.6. The summed E-state index contributed by atoms with van der Waals surface area (Å²) in [6.45, 7) is 3.68. The van der Waals surface area contributed by atoms with Crippen LogP contribution in [-0.2, 0) is 0 Å². The second-order valence-electron chi connectivity index (χ2n) is 7.82. The number of carbonyl (C=O) groups is 1. The number of amides is 1. The normalized spacial score (nSPS) is 18.7. The molecule has 1 atom stereocenters. The molecule has 2 aliphatic heterocycles. The fourth-order valence-corrected chi connectivity index (χ4v) is 4.67. The molecular formula is C23H23N3O2. The molecule has 1 amide bonds. The van der Waals surface area contributed by atoms with Gasteiger partial charge >= 0.3 is 0 Å². The zero-order chi connectivity index (χ0) is 19.3. The fourth-order valence-electron chi connectivity index (χ4n) is 4.67. The van der Waals surface area contributed by atoms with Gasteiger partial charge in [0.15, 0.2) is 0 Å². The van der Waals surface area contributed by atoms with Crippen molar-refractivity contribution in [3.05, 3.63) is 70.0 Å². The lowest BCUT2D eigenvalue weighted by atomic mass is 9.96. The van der Waals surface area contributed by atoms with Crippen molar-refractivity contribution in [3.63, 3.8) is 0 Å². The van der Waals surface area contributed by atoms with Crippen molar-refractivity contribution in [1.82, 2.24) is 4.98 Å². The molecule has 1 unspecified atom stereocenters. The molecule has 5 heteroatoms. The third-order valence-electron chi connectivity index (χ3n) is 6.04. The topological polar surface area (TPSA) is 56.4 Å². The van der Waals surface area contributed by atoms with Crippen LogP contribution < -0.4 is 15.4 Å². The molecule has 5 rings (SSSR count). The van der Waals surface area contributed by atoms with E-state index in [2.05, 4.69) is 16.0 Å². The maximum atomic E-state index is 13.5. The molecule has 1 N–H and O–H groups in total. The Hall–Kier alpha value is -3.08. The number of fused-ring (bicyclic) bond motifs is 4. The summed E-state index contributed by atoms with van der Waals surface area (Å²) in [6, 6.07) is 15.7.